The van der Waals surface area contributed by atoms with E-state index in [9.17, 15) is 0 Å². The highest BCUT2D eigenvalue weighted by Gasteiger charge is 2.39. The number of nitrogens with one attached hydrogen (secondary N) is 2. The fraction of sp³-hybridized carbons (Fsp3) is 0.510. The number of allylic oxidation sites excluding steroid dienone is 5. The van der Waals surface area contributed by atoms with Gasteiger partial charge in [0.15, 0.2) is 0 Å². The maximum absolute atomic E-state index is 4.07. The van der Waals surface area contributed by atoms with Gasteiger partial charge < -0.3 is 10.6 Å². The van der Waals surface area contributed by atoms with Gasteiger partial charge in [0.05, 0.1) is 0 Å². The Bertz CT molecular complexity index is 1570. The summed E-state index contributed by atoms with van der Waals surface area (Å²) in [6, 6.07) is 29.3. The second-order valence-electron chi connectivity index (χ2n) is 17.6. The van der Waals surface area contributed by atoms with Crippen LogP contribution in [0.2, 0.25) is 0 Å². The van der Waals surface area contributed by atoms with Gasteiger partial charge >= 0.3 is 0 Å². The molecule has 0 aliphatic heterocycles. The molecule has 2 nitrogen and oxygen atoms in total. The van der Waals surface area contributed by atoms with Crippen molar-refractivity contribution in [2.45, 2.75) is 156 Å². The molecular weight excluding hydrogens is 617 g/mol. The van der Waals surface area contributed by atoms with Crippen molar-refractivity contribution >= 4 is 5.69 Å². The van der Waals surface area contributed by atoms with Crippen LogP contribution in [0, 0.1) is 12.8 Å². The molecule has 0 spiro atoms. The molecular formula is C49H72N2. The Morgan fingerprint density at radius 2 is 1.25 bits per heavy atom. The van der Waals surface area contributed by atoms with Gasteiger partial charge in [-0.3, -0.25) is 0 Å². The molecule has 0 heterocycles. The summed E-state index contributed by atoms with van der Waals surface area (Å²) in [4.78, 5) is 0. The molecule has 0 aliphatic carbocycles. The Labute approximate surface area is 314 Å². The van der Waals surface area contributed by atoms with Gasteiger partial charge in [-0.25, -0.2) is 0 Å². The third-order valence-electron chi connectivity index (χ3n) is 10.6. The highest BCUT2D eigenvalue weighted by atomic mass is 15.0. The largest absolute Gasteiger partial charge is 0.386 e. The average molecular weight is 689 g/mol. The van der Waals surface area contributed by atoms with E-state index in [1.54, 1.807) is 0 Å². The highest BCUT2D eigenvalue weighted by Crippen LogP contribution is 2.45. The Morgan fingerprint density at radius 1 is 0.706 bits per heavy atom. The molecule has 0 amide bonds. The molecule has 51 heavy (non-hydrogen) atoms. The van der Waals surface area contributed by atoms with Crippen molar-refractivity contribution in [2.75, 3.05) is 5.32 Å². The van der Waals surface area contributed by atoms with Crippen molar-refractivity contribution in [1.29, 1.82) is 0 Å². The van der Waals surface area contributed by atoms with E-state index < -0.39 is 0 Å². The number of rotatable bonds is 20. The minimum atomic E-state index is -0.101. The zero-order valence-corrected chi connectivity index (χ0v) is 34.5. The van der Waals surface area contributed by atoms with E-state index in [1.165, 1.54) is 45.5 Å². The number of hydrogen-bond donors (Lipinski definition) is 2. The minimum absolute atomic E-state index is 0.00364. The lowest BCUT2D eigenvalue weighted by Gasteiger charge is -2.44. The molecule has 0 bridgehead atoms. The highest BCUT2D eigenvalue weighted by molar-refractivity contribution is 5.59. The second kappa shape index (κ2) is 18.8. The number of benzene rings is 3. The standard InChI is InChI=1S/C49H72N2/c1-13-23-38(3)25-21-26-39(4)35-50-46(7,8)36-48(11,43-29-17-15-18-30-43)33-40(5)34-49(12,44-31-19-16-20-32-44)37-47(9,10)51-45-41(6)27-22-28-42(45)24-14-2/h15-22,25-32,35,40,50-51H,13-14,23-24,33-34,36-37H2,1-12H3/b26-21-,38-25+,39-35+/t40-,48?,49?/m0/s1. The number of aryl methyl sites for hydroxylation is 2. The zero-order chi connectivity index (χ0) is 37.7. The monoisotopic (exact) mass is 689 g/mol. The predicted molar refractivity (Wildman–Crippen MR) is 227 cm³/mol. The molecule has 2 N–H and O–H groups in total. The average Bonchev–Trinajstić information content (AvgIpc) is 3.06. The van der Waals surface area contributed by atoms with Crippen LogP contribution < -0.4 is 10.6 Å². The van der Waals surface area contributed by atoms with Crippen molar-refractivity contribution in [1.82, 2.24) is 5.32 Å². The van der Waals surface area contributed by atoms with Gasteiger partial charge in [0.2, 0.25) is 0 Å². The molecule has 0 aliphatic rings. The van der Waals surface area contributed by atoms with Gasteiger partial charge in [0, 0.05) is 16.8 Å². The Balaban J connectivity index is 1.88. The Hall–Kier alpha value is -3.52. The minimum Gasteiger partial charge on any atom is -0.386 e. The van der Waals surface area contributed by atoms with E-state index in [2.05, 4.69) is 197 Å². The van der Waals surface area contributed by atoms with Gasteiger partial charge in [-0.05, 0) is 138 Å². The first kappa shape index (κ1) is 41.9. The first-order valence-corrected chi connectivity index (χ1v) is 19.8. The molecule has 0 saturated heterocycles. The zero-order valence-electron chi connectivity index (χ0n) is 34.5. The SMILES string of the molecule is CCC/C(C)=C/C=C\C(C)=C\NC(C)(C)CC(C)(C[C@H](C)CC(C)(CC(C)(C)Nc1c(C)cccc1CCC)c1ccccc1)c1ccccc1. The molecule has 0 aromatic heterocycles. The van der Waals surface area contributed by atoms with Crippen molar-refractivity contribution in [2.24, 2.45) is 5.92 Å². The van der Waals surface area contributed by atoms with Gasteiger partial charge in [0.1, 0.15) is 0 Å². The summed E-state index contributed by atoms with van der Waals surface area (Å²) < 4.78 is 0. The molecule has 3 rings (SSSR count). The van der Waals surface area contributed by atoms with E-state index in [0.717, 1.165) is 44.9 Å². The van der Waals surface area contributed by atoms with Crippen LogP contribution in [0.5, 0.6) is 0 Å². The quantitative estimate of drug-likeness (QED) is 0.115. The lowest BCUT2D eigenvalue weighted by Crippen LogP contribution is -2.44. The molecule has 0 radical (unpaired) electrons. The summed E-state index contributed by atoms with van der Waals surface area (Å²) in [5.41, 5.74) is 9.40. The van der Waals surface area contributed by atoms with E-state index >= 15 is 0 Å². The van der Waals surface area contributed by atoms with Gasteiger partial charge in [-0.2, -0.15) is 0 Å². The van der Waals surface area contributed by atoms with Crippen LogP contribution in [-0.4, -0.2) is 11.1 Å². The topological polar surface area (TPSA) is 24.1 Å². The van der Waals surface area contributed by atoms with Crippen LogP contribution in [0.4, 0.5) is 5.69 Å². The second-order valence-corrected chi connectivity index (χ2v) is 17.6. The maximum Gasteiger partial charge on any atom is 0.0406 e. The van der Waals surface area contributed by atoms with Crippen LogP contribution in [0.3, 0.4) is 0 Å². The van der Waals surface area contributed by atoms with Crippen LogP contribution >= 0.6 is 0 Å². The summed E-state index contributed by atoms with van der Waals surface area (Å²) in [5.74, 6) is 0.500. The van der Waals surface area contributed by atoms with E-state index in [1.807, 2.05) is 0 Å². The summed E-state index contributed by atoms with van der Waals surface area (Å²) in [6.45, 7) is 28.2. The van der Waals surface area contributed by atoms with Crippen molar-refractivity contribution in [3.63, 3.8) is 0 Å². The molecule has 2 unspecified atom stereocenters. The number of para-hydroxylation sites is 1. The Kier molecular flexibility index (Phi) is 15.5. The maximum atomic E-state index is 4.07. The van der Waals surface area contributed by atoms with Crippen molar-refractivity contribution in [3.05, 3.63) is 137 Å². The molecule has 0 saturated carbocycles. The summed E-state index contributed by atoms with van der Waals surface area (Å²) >= 11 is 0. The normalized spacial score (nSPS) is 16.1. The molecule has 3 aromatic rings. The third kappa shape index (κ3) is 13.2. The first-order valence-electron chi connectivity index (χ1n) is 19.8. The van der Waals surface area contributed by atoms with Crippen molar-refractivity contribution < 1.29 is 0 Å². The smallest absolute Gasteiger partial charge is 0.0406 e. The van der Waals surface area contributed by atoms with Crippen LogP contribution in [0.25, 0.3) is 0 Å². The van der Waals surface area contributed by atoms with Gasteiger partial charge in [-0.15, -0.1) is 0 Å². The summed E-state index contributed by atoms with van der Waals surface area (Å²) in [7, 11) is 0. The Morgan fingerprint density at radius 3 is 1.78 bits per heavy atom. The lowest BCUT2D eigenvalue weighted by atomic mass is 9.64. The first-order chi connectivity index (χ1) is 24.0. The van der Waals surface area contributed by atoms with E-state index in [-0.39, 0.29) is 21.9 Å². The fourth-order valence-electron chi connectivity index (χ4n) is 8.84. The summed E-state index contributed by atoms with van der Waals surface area (Å²) in [6.07, 6.45) is 17.7. The van der Waals surface area contributed by atoms with Crippen molar-refractivity contribution in [3.8, 4) is 0 Å². The molecule has 3 aromatic carbocycles. The number of hydrogen-bond acceptors (Lipinski definition) is 2. The van der Waals surface area contributed by atoms with Gasteiger partial charge in [-0.1, -0.05) is 150 Å². The van der Waals surface area contributed by atoms with Crippen LogP contribution in [-0.2, 0) is 17.3 Å². The summed E-state index contributed by atoms with van der Waals surface area (Å²) in [5, 5.41) is 7.89. The van der Waals surface area contributed by atoms with Crippen LogP contribution in [0.1, 0.15) is 143 Å². The van der Waals surface area contributed by atoms with Gasteiger partial charge in [0.25, 0.3) is 0 Å². The molecule has 2 heteroatoms. The van der Waals surface area contributed by atoms with E-state index in [4.69, 9.17) is 0 Å². The fourth-order valence-corrected chi connectivity index (χ4v) is 8.84. The van der Waals surface area contributed by atoms with Crippen LogP contribution in [0.15, 0.2) is 114 Å². The molecule has 0 fully saturated rings. The molecule has 278 valence electrons. The lowest BCUT2D eigenvalue weighted by molar-refractivity contribution is 0.215. The predicted octanol–water partition coefficient (Wildman–Crippen LogP) is 13.8. The number of anilines is 1. The third-order valence-corrected chi connectivity index (χ3v) is 10.6. The molecule has 3 atom stereocenters. The van der Waals surface area contributed by atoms with E-state index in [0.29, 0.717) is 5.92 Å².